The van der Waals surface area contributed by atoms with Crippen LogP contribution in [-0.2, 0) is 4.79 Å². The Morgan fingerprint density at radius 3 is 2.90 bits per heavy atom. The molecule has 110 valence electrons. The summed E-state index contributed by atoms with van der Waals surface area (Å²) in [7, 11) is 0. The molecule has 1 amide bonds. The number of nitrogens with zero attached hydrogens (tertiary/aromatic N) is 1. The third-order valence-corrected chi connectivity index (χ3v) is 3.27. The number of carboxylic acids is 1. The van der Waals surface area contributed by atoms with Gasteiger partial charge in [0, 0.05) is 29.6 Å². The lowest BCUT2D eigenvalue weighted by Gasteiger charge is -2.13. The highest BCUT2D eigenvalue weighted by Gasteiger charge is 2.11. The van der Waals surface area contributed by atoms with Crippen LogP contribution in [0.4, 0.5) is 0 Å². The number of carbonyl (C=O) groups excluding carboxylic acids is 1. The van der Waals surface area contributed by atoms with Crippen LogP contribution < -0.4 is 5.32 Å². The molecule has 0 aliphatic heterocycles. The molecule has 21 heavy (non-hydrogen) atoms. The van der Waals surface area contributed by atoms with Crippen molar-refractivity contribution >= 4 is 22.8 Å². The topological polar surface area (TPSA) is 79.3 Å². The maximum atomic E-state index is 12.1. The molecule has 1 unspecified atom stereocenters. The first-order valence-corrected chi connectivity index (χ1v) is 6.93. The Kier molecular flexibility index (Phi) is 4.87. The third-order valence-electron chi connectivity index (χ3n) is 3.27. The standard InChI is InChI=1S/C16H18N2O3/c1-11(4-2-6-15(19)20)18-16(21)13-7-8-14-12(10-13)5-3-9-17-14/h3,5,7-11H,2,4,6H2,1H3,(H,18,21)(H,19,20). The number of aliphatic carboxylic acids is 1. The minimum atomic E-state index is -0.810. The van der Waals surface area contributed by atoms with Crippen LogP contribution in [0, 0.1) is 0 Å². The quantitative estimate of drug-likeness (QED) is 0.855. The molecule has 0 aliphatic carbocycles. The Labute approximate surface area is 123 Å². The number of hydrogen-bond donors (Lipinski definition) is 2. The molecule has 1 atom stereocenters. The maximum Gasteiger partial charge on any atom is 0.303 e. The second-order valence-corrected chi connectivity index (χ2v) is 5.07. The molecule has 2 rings (SSSR count). The summed E-state index contributed by atoms with van der Waals surface area (Å²) in [5, 5.41) is 12.4. The van der Waals surface area contributed by atoms with E-state index in [0.29, 0.717) is 18.4 Å². The maximum absolute atomic E-state index is 12.1. The smallest absolute Gasteiger partial charge is 0.303 e. The van der Waals surface area contributed by atoms with E-state index >= 15 is 0 Å². The zero-order valence-electron chi connectivity index (χ0n) is 11.9. The molecule has 2 N–H and O–H groups in total. The minimum absolute atomic E-state index is 0.0542. The summed E-state index contributed by atoms with van der Waals surface area (Å²) in [6.07, 6.45) is 3.04. The molecule has 5 nitrogen and oxygen atoms in total. The number of amides is 1. The van der Waals surface area contributed by atoms with Gasteiger partial charge in [-0.2, -0.15) is 0 Å². The summed E-state index contributed by atoms with van der Waals surface area (Å²) in [5.41, 5.74) is 1.43. The van der Waals surface area contributed by atoms with E-state index in [1.165, 1.54) is 0 Å². The number of rotatable bonds is 6. The minimum Gasteiger partial charge on any atom is -0.481 e. The van der Waals surface area contributed by atoms with Gasteiger partial charge in [0.05, 0.1) is 5.52 Å². The van der Waals surface area contributed by atoms with Crippen molar-refractivity contribution in [2.45, 2.75) is 32.2 Å². The summed E-state index contributed by atoms with van der Waals surface area (Å²) in [6.45, 7) is 1.88. The van der Waals surface area contributed by atoms with E-state index < -0.39 is 5.97 Å². The van der Waals surface area contributed by atoms with Gasteiger partial charge in [-0.1, -0.05) is 6.07 Å². The first-order chi connectivity index (χ1) is 10.1. The predicted molar refractivity (Wildman–Crippen MR) is 80.2 cm³/mol. The second kappa shape index (κ2) is 6.83. The Hall–Kier alpha value is -2.43. The van der Waals surface area contributed by atoms with Gasteiger partial charge < -0.3 is 10.4 Å². The van der Waals surface area contributed by atoms with Gasteiger partial charge in [0.15, 0.2) is 0 Å². The largest absolute Gasteiger partial charge is 0.481 e. The van der Waals surface area contributed by atoms with Crippen molar-refractivity contribution in [1.82, 2.24) is 10.3 Å². The lowest BCUT2D eigenvalue weighted by Crippen LogP contribution is -2.32. The number of aromatic nitrogens is 1. The van der Waals surface area contributed by atoms with E-state index in [1.54, 1.807) is 12.3 Å². The zero-order chi connectivity index (χ0) is 15.2. The molecule has 0 saturated carbocycles. The Morgan fingerprint density at radius 1 is 1.33 bits per heavy atom. The number of carbonyl (C=O) groups is 2. The lowest BCUT2D eigenvalue weighted by atomic mass is 10.1. The molecule has 2 aromatic rings. The number of pyridine rings is 1. The van der Waals surface area contributed by atoms with Gasteiger partial charge in [-0.3, -0.25) is 14.6 Å². The van der Waals surface area contributed by atoms with Crippen LogP contribution in [0.1, 0.15) is 36.5 Å². The molecule has 5 heteroatoms. The monoisotopic (exact) mass is 286 g/mol. The Balaban J connectivity index is 1.96. The van der Waals surface area contributed by atoms with Crippen molar-refractivity contribution in [3.05, 3.63) is 42.1 Å². The van der Waals surface area contributed by atoms with E-state index in [9.17, 15) is 9.59 Å². The molecule has 1 aromatic heterocycles. The Bertz CT molecular complexity index is 655. The fourth-order valence-electron chi connectivity index (χ4n) is 2.16. The summed E-state index contributed by atoms with van der Waals surface area (Å²) in [4.78, 5) is 26.8. The van der Waals surface area contributed by atoms with Crippen molar-refractivity contribution in [1.29, 1.82) is 0 Å². The molecule has 0 fully saturated rings. The molecule has 1 aromatic carbocycles. The van der Waals surface area contributed by atoms with Crippen LogP contribution >= 0.6 is 0 Å². The SMILES string of the molecule is CC(CCCC(=O)O)NC(=O)c1ccc2ncccc2c1. The fourth-order valence-corrected chi connectivity index (χ4v) is 2.16. The van der Waals surface area contributed by atoms with Gasteiger partial charge in [0.2, 0.25) is 0 Å². The number of nitrogens with one attached hydrogen (secondary N) is 1. The van der Waals surface area contributed by atoms with E-state index in [-0.39, 0.29) is 18.4 Å². The van der Waals surface area contributed by atoms with Crippen LogP contribution in [0.2, 0.25) is 0 Å². The van der Waals surface area contributed by atoms with Crippen molar-refractivity contribution in [2.75, 3.05) is 0 Å². The van der Waals surface area contributed by atoms with Gasteiger partial charge in [-0.15, -0.1) is 0 Å². The number of carboxylic acid groups (broad SMARTS) is 1. The van der Waals surface area contributed by atoms with Crippen LogP contribution in [0.25, 0.3) is 10.9 Å². The Morgan fingerprint density at radius 2 is 2.14 bits per heavy atom. The first kappa shape index (κ1) is 15.0. The van der Waals surface area contributed by atoms with Crippen molar-refractivity contribution < 1.29 is 14.7 Å². The predicted octanol–water partition coefficient (Wildman–Crippen LogP) is 2.61. The number of fused-ring (bicyclic) bond motifs is 1. The number of hydrogen-bond acceptors (Lipinski definition) is 3. The molecule has 0 radical (unpaired) electrons. The third kappa shape index (κ3) is 4.27. The summed E-state index contributed by atoms with van der Waals surface area (Å²) in [5.74, 6) is -0.959. The van der Waals surface area contributed by atoms with Crippen LogP contribution in [0.5, 0.6) is 0 Å². The van der Waals surface area contributed by atoms with Crippen LogP contribution in [0.3, 0.4) is 0 Å². The van der Waals surface area contributed by atoms with E-state index in [2.05, 4.69) is 10.3 Å². The molecule has 0 saturated heterocycles. The van der Waals surface area contributed by atoms with Crippen molar-refractivity contribution in [2.24, 2.45) is 0 Å². The molecular formula is C16H18N2O3. The fraction of sp³-hybridized carbons (Fsp3) is 0.312. The van der Waals surface area contributed by atoms with Crippen LogP contribution in [-0.4, -0.2) is 28.0 Å². The summed E-state index contributed by atoms with van der Waals surface area (Å²) < 4.78 is 0. The molecule has 1 heterocycles. The second-order valence-electron chi connectivity index (χ2n) is 5.07. The molecular weight excluding hydrogens is 268 g/mol. The van der Waals surface area contributed by atoms with E-state index in [1.807, 2.05) is 31.2 Å². The van der Waals surface area contributed by atoms with E-state index in [4.69, 9.17) is 5.11 Å². The van der Waals surface area contributed by atoms with Crippen molar-refractivity contribution in [3.63, 3.8) is 0 Å². The summed E-state index contributed by atoms with van der Waals surface area (Å²) in [6, 6.07) is 9.06. The average molecular weight is 286 g/mol. The zero-order valence-corrected chi connectivity index (χ0v) is 11.9. The molecule has 0 aliphatic rings. The van der Waals surface area contributed by atoms with Crippen LogP contribution in [0.15, 0.2) is 36.5 Å². The van der Waals surface area contributed by atoms with Gasteiger partial charge >= 0.3 is 5.97 Å². The summed E-state index contributed by atoms with van der Waals surface area (Å²) >= 11 is 0. The van der Waals surface area contributed by atoms with Crippen molar-refractivity contribution in [3.8, 4) is 0 Å². The van der Waals surface area contributed by atoms with Gasteiger partial charge in [0.25, 0.3) is 5.91 Å². The van der Waals surface area contributed by atoms with Gasteiger partial charge in [-0.25, -0.2) is 0 Å². The van der Waals surface area contributed by atoms with E-state index in [0.717, 1.165) is 10.9 Å². The molecule has 0 bridgehead atoms. The highest BCUT2D eigenvalue weighted by molar-refractivity contribution is 5.98. The highest BCUT2D eigenvalue weighted by Crippen LogP contribution is 2.13. The molecule has 0 spiro atoms. The average Bonchev–Trinajstić information content (AvgIpc) is 2.46. The lowest BCUT2D eigenvalue weighted by molar-refractivity contribution is -0.137. The normalized spacial score (nSPS) is 12.0. The number of benzene rings is 1. The van der Waals surface area contributed by atoms with Gasteiger partial charge in [0.1, 0.15) is 0 Å². The van der Waals surface area contributed by atoms with Gasteiger partial charge in [-0.05, 0) is 44.0 Å². The first-order valence-electron chi connectivity index (χ1n) is 6.93. The highest BCUT2D eigenvalue weighted by atomic mass is 16.4.